The van der Waals surface area contributed by atoms with Crippen LogP contribution in [0.25, 0.3) is 0 Å². The van der Waals surface area contributed by atoms with E-state index in [-0.39, 0.29) is 41.3 Å². The van der Waals surface area contributed by atoms with Crippen molar-refractivity contribution in [1.82, 2.24) is 14.9 Å². The topological polar surface area (TPSA) is 55.3 Å². The van der Waals surface area contributed by atoms with Crippen molar-refractivity contribution in [2.24, 2.45) is 0 Å². The van der Waals surface area contributed by atoms with E-state index in [1.807, 2.05) is 0 Å². The molecule has 0 bridgehead atoms. The third-order valence-electron chi connectivity index (χ3n) is 6.05. The number of likely N-dealkylation sites (tertiary alicyclic amines) is 1. The molecule has 0 atom stereocenters. The summed E-state index contributed by atoms with van der Waals surface area (Å²) >= 11 is 0. The molecule has 2 aliphatic heterocycles. The van der Waals surface area contributed by atoms with Gasteiger partial charge in [0.15, 0.2) is 0 Å². The maximum absolute atomic E-state index is 13.4. The van der Waals surface area contributed by atoms with E-state index in [2.05, 4.69) is 9.97 Å². The Hall–Kier alpha value is -2.27. The van der Waals surface area contributed by atoms with Crippen LogP contribution in [0.4, 0.5) is 19.4 Å². The Bertz CT molecular complexity index is 1050. The number of amides is 1. The molecule has 0 radical (unpaired) electrons. The Morgan fingerprint density at radius 2 is 1.75 bits per heavy atom. The van der Waals surface area contributed by atoms with Crippen LogP contribution in [-0.2, 0) is 17.6 Å². The third-order valence-corrected chi connectivity index (χ3v) is 7.18. The highest BCUT2D eigenvalue weighted by molar-refractivity contribution is 8.45. The number of carbonyl (C=O) groups excluding carboxylic acids is 1. The minimum atomic E-state index is -9.79. The predicted molar refractivity (Wildman–Crippen MR) is 111 cm³/mol. The highest BCUT2D eigenvalue weighted by Gasteiger charge is 2.65. The molecule has 4 rings (SSSR count). The lowest BCUT2D eigenvalue weighted by atomic mass is 9.82. The van der Waals surface area contributed by atoms with E-state index >= 15 is 0 Å². The first kappa shape index (κ1) is 22.9. The largest absolute Gasteiger partial charge is 0.376 e. The number of aromatic nitrogens is 2. The number of hydrogen-bond acceptors (Lipinski definition) is 4. The van der Waals surface area contributed by atoms with E-state index in [1.54, 1.807) is 18.7 Å². The fourth-order valence-corrected chi connectivity index (χ4v) is 4.62. The van der Waals surface area contributed by atoms with Crippen LogP contribution < -0.4 is 0 Å². The zero-order chi connectivity index (χ0) is 23.4. The Labute approximate surface area is 182 Å². The Kier molecular flexibility index (Phi) is 4.91. The molecule has 176 valence electrons. The third kappa shape index (κ3) is 4.45. The van der Waals surface area contributed by atoms with Gasteiger partial charge >= 0.3 is 10.2 Å². The Morgan fingerprint density at radius 1 is 1.09 bits per heavy atom. The second kappa shape index (κ2) is 6.86. The van der Waals surface area contributed by atoms with Gasteiger partial charge in [-0.25, -0.2) is 9.97 Å². The monoisotopic (exact) mass is 477 g/mol. The van der Waals surface area contributed by atoms with Gasteiger partial charge in [0.05, 0.1) is 24.3 Å². The summed E-state index contributed by atoms with van der Waals surface area (Å²) in [6.45, 7) is 4.98. The van der Waals surface area contributed by atoms with Crippen molar-refractivity contribution in [1.29, 1.82) is 0 Å². The normalized spacial score (nSPS) is 19.8. The van der Waals surface area contributed by atoms with Gasteiger partial charge in [0.1, 0.15) is 10.7 Å². The van der Waals surface area contributed by atoms with E-state index in [0.29, 0.717) is 43.3 Å². The molecule has 0 unspecified atom stereocenters. The number of carbonyl (C=O) groups is 1. The Morgan fingerprint density at radius 3 is 2.22 bits per heavy atom. The highest BCUT2D eigenvalue weighted by Crippen LogP contribution is 3.02. The minimum Gasteiger partial charge on any atom is -0.376 e. The first-order chi connectivity index (χ1) is 14.7. The van der Waals surface area contributed by atoms with Gasteiger partial charge in [-0.15, -0.1) is 0 Å². The maximum atomic E-state index is 13.4. The highest BCUT2D eigenvalue weighted by atomic mass is 32.5. The van der Waals surface area contributed by atoms with Crippen LogP contribution in [0.2, 0.25) is 0 Å². The molecule has 1 amide bonds. The van der Waals surface area contributed by atoms with Crippen LogP contribution in [-0.4, -0.2) is 46.1 Å². The average Bonchev–Trinajstić information content (AvgIpc) is 2.62. The lowest BCUT2D eigenvalue weighted by Gasteiger charge is -2.57. The number of nitrogens with zero attached hydrogens (tertiary/aromatic N) is 3. The van der Waals surface area contributed by atoms with Crippen LogP contribution in [0.3, 0.4) is 0 Å². The molecule has 0 N–H and O–H groups in total. The quantitative estimate of drug-likeness (QED) is 0.504. The second-order valence-electron chi connectivity index (χ2n) is 8.85. The number of halogens is 5. The molecule has 1 aromatic heterocycles. The molecule has 2 fully saturated rings. The molecule has 3 heterocycles. The van der Waals surface area contributed by atoms with Gasteiger partial charge in [-0.2, -0.15) is 0 Å². The van der Waals surface area contributed by atoms with E-state index in [4.69, 9.17) is 4.74 Å². The summed E-state index contributed by atoms with van der Waals surface area (Å²) in [5, 5.41) is 0. The summed E-state index contributed by atoms with van der Waals surface area (Å²) in [5.41, 5.74) is 0.439. The molecular weight excluding hydrogens is 453 g/mol. The molecule has 32 heavy (non-hydrogen) atoms. The maximum Gasteiger partial charge on any atom is 0.310 e. The lowest BCUT2D eigenvalue weighted by Crippen LogP contribution is -2.72. The van der Waals surface area contributed by atoms with E-state index in [9.17, 15) is 24.2 Å². The van der Waals surface area contributed by atoms with Gasteiger partial charge in [0.25, 0.3) is 5.91 Å². The first-order valence-corrected chi connectivity index (χ1v) is 12.2. The van der Waals surface area contributed by atoms with Gasteiger partial charge < -0.3 is 9.64 Å². The van der Waals surface area contributed by atoms with Crippen LogP contribution in [0.1, 0.15) is 53.5 Å². The molecule has 0 saturated carbocycles. The van der Waals surface area contributed by atoms with Crippen molar-refractivity contribution in [3.8, 4) is 0 Å². The fourth-order valence-electron chi connectivity index (χ4n) is 3.89. The second-order valence-corrected chi connectivity index (χ2v) is 11.3. The molecule has 11 heteroatoms. The minimum absolute atomic E-state index is 0.0568. The lowest BCUT2D eigenvalue weighted by molar-refractivity contribution is -0.172. The number of aryl methyl sites for hydroxylation is 2. The molecule has 5 nitrogen and oxygen atoms in total. The van der Waals surface area contributed by atoms with Gasteiger partial charge in [-0.05, 0) is 42.0 Å². The molecule has 2 aromatic rings. The number of benzene rings is 1. The zero-order valence-corrected chi connectivity index (χ0v) is 18.5. The molecule has 2 saturated heterocycles. The predicted octanol–water partition coefficient (Wildman–Crippen LogP) is 5.66. The van der Waals surface area contributed by atoms with Crippen LogP contribution in [0.15, 0.2) is 35.5 Å². The molecule has 0 aliphatic carbocycles. The first-order valence-electron chi connectivity index (χ1n) is 10.3. The van der Waals surface area contributed by atoms with Gasteiger partial charge in [0.2, 0.25) is 0 Å². The van der Waals surface area contributed by atoms with Crippen molar-refractivity contribution >= 4 is 16.1 Å². The van der Waals surface area contributed by atoms with Crippen molar-refractivity contribution < 1.29 is 29.0 Å². The van der Waals surface area contributed by atoms with Crippen LogP contribution in [0, 0.1) is 0 Å². The fraction of sp³-hybridized carbons (Fsp3) is 0.476. The van der Waals surface area contributed by atoms with Crippen LogP contribution >= 0.6 is 10.2 Å². The van der Waals surface area contributed by atoms with Crippen molar-refractivity contribution in [3.63, 3.8) is 0 Å². The van der Waals surface area contributed by atoms with E-state index in [0.717, 1.165) is 6.42 Å². The molecule has 1 spiro atoms. The van der Waals surface area contributed by atoms with Gasteiger partial charge in [-0.1, -0.05) is 39.3 Å². The van der Waals surface area contributed by atoms with Crippen molar-refractivity contribution in [2.45, 2.75) is 49.5 Å². The summed E-state index contributed by atoms with van der Waals surface area (Å²) in [6.07, 6.45) is 3.88. The summed E-state index contributed by atoms with van der Waals surface area (Å²) in [5.74, 6) is -0.215. The molecule has 1 aromatic carbocycles. The summed E-state index contributed by atoms with van der Waals surface area (Å²) in [7, 11) is -9.79. The number of ether oxygens (including phenoxy) is 1. The number of hydrogen-bond donors (Lipinski definition) is 0. The van der Waals surface area contributed by atoms with Crippen LogP contribution in [0.5, 0.6) is 0 Å². The molecule has 2 aliphatic rings. The number of rotatable bonds is 6. The smallest absolute Gasteiger partial charge is 0.310 e. The van der Waals surface area contributed by atoms with Crippen molar-refractivity contribution in [2.75, 3.05) is 19.8 Å². The average molecular weight is 477 g/mol. The standard InChI is InChI=1S/C21H24F5N3O2S/c1-14(2)16-7-15(8-18(9-16)32(22,23,24,25)26)3-4-19-27-10-17(11-28-19)20(30)29-6-5-21(29)12-31-13-21/h7-11,14H,3-6,12-13H2,1-2H3. The summed E-state index contributed by atoms with van der Waals surface area (Å²) < 4.78 is 72.1. The Balaban J connectivity index is 1.48. The SMILES string of the molecule is CC(C)c1cc(CCc2ncc(C(=O)N3CCC34COC4)cn2)cc(S(F)(F)(F)(F)F)c1. The van der Waals surface area contributed by atoms with E-state index in [1.165, 1.54) is 18.5 Å². The summed E-state index contributed by atoms with van der Waals surface area (Å²) in [6, 6.07) is 2.54. The molecular formula is C21H24F5N3O2S. The van der Waals surface area contributed by atoms with Gasteiger partial charge in [0, 0.05) is 25.4 Å². The van der Waals surface area contributed by atoms with Crippen molar-refractivity contribution in [3.05, 3.63) is 53.1 Å². The summed E-state index contributed by atoms with van der Waals surface area (Å²) in [4.78, 5) is 20.8. The van der Waals surface area contributed by atoms with E-state index < -0.39 is 15.1 Å². The zero-order valence-electron chi connectivity index (χ0n) is 17.7. The van der Waals surface area contributed by atoms with Gasteiger partial charge in [-0.3, -0.25) is 4.79 Å².